The maximum atomic E-state index is 11.9. The number of nitrogens with one attached hydrogen (secondary N) is 2. The molecule has 0 spiro atoms. The van der Waals surface area contributed by atoms with Gasteiger partial charge in [-0.25, -0.2) is 4.98 Å². The van der Waals surface area contributed by atoms with Crippen molar-refractivity contribution in [2.75, 3.05) is 26.2 Å². The fourth-order valence-electron chi connectivity index (χ4n) is 2.82. The lowest BCUT2D eigenvalue weighted by molar-refractivity contribution is -0.121. The Morgan fingerprint density at radius 1 is 1.39 bits per heavy atom. The predicted octanol–water partition coefficient (Wildman–Crippen LogP) is 1.84. The summed E-state index contributed by atoms with van der Waals surface area (Å²) >= 11 is 0. The highest BCUT2D eigenvalue weighted by atomic mass is 16.4. The molecule has 1 fully saturated rings. The summed E-state index contributed by atoms with van der Waals surface area (Å²) in [4.78, 5) is 18.5. The molecule has 1 aliphatic heterocycles. The number of oxazole rings is 1. The summed E-state index contributed by atoms with van der Waals surface area (Å²) in [6.45, 7) is 8.58. The molecule has 1 atom stereocenters. The summed E-state index contributed by atoms with van der Waals surface area (Å²) in [6, 6.07) is 0.188. The number of hydrogen-bond donors (Lipinski definition) is 2. The van der Waals surface area contributed by atoms with E-state index < -0.39 is 0 Å². The van der Waals surface area contributed by atoms with Crippen LogP contribution in [-0.4, -0.2) is 48.0 Å². The molecule has 1 unspecified atom stereocenters. The van der Waals surface area contributed by atoms with Crippen LogP contribution in [0.25, 0.3) is 0 Å². The summed E-state index contributed by atoms with van der Waals surface area (Å²) in [5.41, 5.74) is 0. The van der Waals surface area contributed by atoms with Crippen LogP contribution in [-0.2, 0) is 11.3 Å². The fraction of sp³-hybridized carbons (Fsp3) is 0.765. The highest BCUT2D eigenvalue weighted by Crippen LogP contribution is 2.09. The first-order valence-electron chi connectivity index (χ1n) is 8.77. The molecule has 130 valence electrons. The van der Waals surface area contributed by atoms with E-state index >= 15 is 0 Å². The molecular formula is C17H30N4O2. The van der Waals surface area contributed by atoms with Gasteiger partial charge >= 0.3 is 0 Å². The highest BCUT2D eigenvalue weighted by molar-refractivity contribution is 5.75. The molecule has 2 rings (SSSR count). The molecular weight excluding hydrogens is 292 g/mol. The Morgan fingerprint density at radius 2 is 2.17 bits per heavy atom. The number of hydrogen-bond acceptors (Lipinski definition) is 5. The molecule has 23 heavy (non-hydrogen) atoms. The average molecular weight is 322 g/mol. The molecule has 0 aromatic carbocycles. The Kier molecular flexibility index (Phi) is 7.55. The topological polar surface area (TPSA) is 70.4 Å². The molecule has 0 saturated carbocycles. The molecule has 0 aliphatic carbocycles. The van der Waals surface area contributed by atoms with E-state index in [9.17, 15) is 4.79 Å². The Morgan fingerprint density at radius 3 is 2.87 bits per heavy atom. The Hall–Kier alpha value is -1.40. The monoisotopic (exact) mass is 322 g/mol. The van der Waals surface area contributed by atoms with E-state index in [1.807, 2.05) is 13.8 Å². The molecule has 1 aromatic rings. The van der Waals surface area contributed by atoms with Gasteiger partial charge in [0.2, 0.25) is 11.8 Å². The normalized spacial score (nSPS) is 17.1. The zero-order valence-electron chi connectivity index (χ0n) is 14.4. The first-order chi connectivity index (χ1) is 11.1. The maximum absolute atomic E-state index is 11.9. The molecule has 0 radical (unpaired) electrons. The van der Waals surface area contributed by atoms with Crippen LogP contribution in [0.3, 0.4) is 0 Å². The summed E-state index contributed by atoms with van der Waals surface area (Å²) in [7, 11) is 0. The van der Waals surface area contributed by atoms with Gasteiger partial charge in [0.15, 0.2) is 0 Å². The molecule has 1 aliphatic rings. The first-order valence-corrected chi connectivity index (χ1v) is 8.77. The lowest BCUT2D eigenvalue weighted by Gasteiger charge is -2.26. The van der Waals surface area contributed by atoms with Crippen molar-refractivity contribution in [1.82, 2.24) is 20.5 Å². The van der Waals surface area contributed by atoms with E-state index in [-0.39, 0.29) is 11.9 Å². The summed E-state index contributed by atoms with van der Waals surface area (Å²) in [5.74, 6) is 1.64. The van der Waals surface area contributed by atoms with Gasteiger partial charge in [-0.2, -0.15) is 0 Å². The third-order valence-corrected chi connectivity index (χ3v) is 4.20. The Balaban J connectivity index is 1.51. The molecule has 1 saturated heterocycles. The van der Waals surface area contributed by atoms with Crippen molar-refractivity contribution in [1.29, 1.82) is 0 Å². The molecule has 2 N–H and O–H groups in total. The van der Waals surface area contributed by atoms with Crippen LogP contribution >= 0.6 is 0 Å². The highest BCUT2D eigenvalue weighted by Gasteiger charge is 2.11. The molecule has 0 bridgehead atoms. The maximum Gasteiger partial charge on any atom is 0.220 e. The minimum absolute atomic E-state index is 0.141. The van der Waals surface area contributed by atoms with Crippen molar-refractivity contribution in [3.8, 4) is 0 Å². The van der Waals surface area contributed by atoms with E-state index in [4.69, 9.17) is 4.42 Å². The van der Waals surface area contributed by atoms with Crippen LogP contribution in [0.4, 0.5) is 0 Å². The second-order valence-electron chi connectivity index (χ2n) is 6.46. The van der Waals surface area contributed by atoms with Gasteiger partial charge in [0.1, 0.15) is 5.76 Å². The second-order valence-corrected chi connectivity index (χ2v) is 6.46. The first kappa shape index (κ1) is 17.9. The van der Waals surface area contributed by atoms with E-state index in [1.165, 1.54) is 32.4 Å². The molecule has 2 heterocycles. The lowest BCUT2D eigenvalue weighted by Crippen LogP contribution is -2.39. The quantitative estimate of drug-likeness (QED) is 0.726. The van der Waals surface area contributed by atoms with Gasteiger partial charge in [0.05, 0.1) is 12.7 Å². The van der Waals surface area contributed by atoms with Crippen molar-refractivity contribution in [3.05, 3.63) is 17.8 Å². The predicted molar refractivity (Wildman–Crippen MR) is 90.1 cm³/mol. The number of carbonyl (C=O) groups excluding carboxylic acids is 1. The Labute approximate surface area is 139 Å². The zero-order valence-corrected chi connectivity index (χ0v) is 14.4. The summed E-state index contributed by atoms with van der Waals surface area (Å²) in [6.07, 6.45) is 7.24. The van der Waals surface area contributed by atoms with E-state index in [1.54, 1.807) is 6.20 Å². The third kappa shape index (κ3) is 7.14. The smallest absolute Gasteiger partial charge is 0.220 e. The standard InChI is InChI=1S/C17H30N4O2/c1-14(18-13-17-20-12-15(2)23-17)11-19-16(22)7-6-10-21-8-4-3-5-9-21/h12,14,18H,3-11,13H2,1-2H3,(H,19,22). The van der Waals surface area contributed by atoms with Gasteiger partial charge in [-0.1, -0.05) is 6.42 Å². The van der Waals surface area contributed by atoms with Gasteiger partial charge in [-0.15, -0.1) is 0 Å². The molecule has 1 amide bonds. The summed E-state index contributed by atoms with van der Waals surface area (Å²) < 4.78 is 5.40. The van der Waals surface area contributed by atoms with Gasteiger partial charge < -0.3 is 20.0 Å². The third-order valence-electron chi connectivity index (χ3n) is 4.20. The number of aryl methyl sites for hydroxylation is 1. The van der Waals surface area contributed by atoms with Crippen molar-refractivity contribution in [2.24, 2.45) is 0 Å². The van der Waals surface area contributed by atoms with Crippen molar-refractivity contribution < 1.29 is 9.21 Å². The van der Waals surface area contributed by atoms with Gasteiger partial charge in [0, 0.05) is 19.0 Å². The average Bonchev–Trinajstić information content (AvgIpc) is 2.97. The van der Waals surface area contributed by atoms with Crippen LogP contribution in [0.1, 0.15) is 50.7 Å². The van der Waals surface area contributed by atoms with Crippen LogP contribution in [0.15, 0.2) is 10.6 Å². The number of amides is 1. The molecule has 1 aromatic heterocycles. The number of nitrogens with zero attached hydrogens (tertiary/aromatic N) is 2. The molecule has 6 nitrogen and oxygen atoms in total. The second kappa shape index (κ2) is 9.67. The number of carbonyl (C=O) groups is 1. The largest absolute Gasteiger partial charge is 0.445 e. The zero-order chi connectivity index (χ0) is 16.5. The number of piperidine rings is 1. The van der Waals surface area contributed by atoms with Crippen LogP contribution in [0, 0.1) is 6.92 Å². The van der Waals surface area contributed by atoms with Gasteiger partial charge in [0.25, 0.3) is 0 Å². The minimum atomic E-state index is 0.141. The van der Waals surface area contributed by atoms with Crippen LogP contribution in [0.2, 0.25) is 0 Å². The van der Waals surface area contributed by atoms with Gasteiger partial charge in [-0.05, 0) is 52.7 Å². The fourth-order valence-corrected chi connectivity index (χ4v) is 2.82. The Bertz CT molecular complexity index is 469. The van der Waals surface area contributed by atoms with Gasteiger partial charge in [-0.3, -0.25) is 4.79 Å². The number of likely N-dealkylation sites (tertiary alicyclic amines) is 1. The lowest BCUT2D eigenvalue weighted by atomic mass is 10.1. The minimum Gasteiger partial charge on any atom is -0.445 e. The van der Waals surface area contributed by atoms with Crippen molar-refractivity contribution >= 4 is 5.91 Å². The summed E-state index contributed by atoms with van der Waals surface area (Å²) in [5, 5.41) is 6.29. The van der Waals surface area contributed by atoms with Crippen LogP contribution < -0.4 is 10.6 Å². The van der Waals surface area contributed by atoms with E-state index in [2.05, 4.69) is 20.5 Å². The van der Waals surface area contributed by atoms with Crippen molar-refractivity contribution in [2.45, 2.75) is 58.5 Å². The van der Waals surface area contributed by atoms with Crippen molar-refractivity contribution in [3.63, 3.8) is 0 Å². The van der Waals surface area contributed by atoms with E-state index in [0.29, 0.717) is 25.4 Å². The van der Waals surface area contributed by atoms with Crippen LogP contribution in [0.5, 0.6) is 0 Å². The molecule has 6 heteroatoms. The number of aromatic nitrogens is 1. The SMILES string of the molecule is Cc1cnc(CNC(C)CNC(=O)CCCN2CCCCC2)o1. The van der Waals surface area contributed by atoms with E-state index in [0.717, 1.165) is 18.7 Å². The number of rotatable bonds is 9.